The first-order valence-electron chi connectivity index (χ1n) is 5.71. The molecule has 1 aliphatic heterocycles. The molecule has 4 nitrogen and oxygen atoms in total. The van der Waals surface area contributed by atoms with E-state index in [2.05, 4.69) is 22.9 Å². The molecule has 0 radical (unpaired) electrons. The molecule has 0 spiro atoms. The number of nitrogens with one attached hydrogen (secondary N) is 1. The third kappa shape index (κ3) is 2.70. The van der Waals surface area contributed by atoms with Crippen LogP contribution in [0.15, 0.2) is 29.4 Å². The lowest BCUT2D eigenvalue weighted by Crippen LogP contribution is -2.34. The molecule has 96 valence electrons. The molecule has 1 aromatic rings. The van der Waals surface area contributed by atoms with Gasteiger partial charge in [-0.25, -0.2) is 4.98 Å². The van der Waals surface area contributed by atoms with Crippen molar-refractivity contribution in [1.82, 2.24) is 10.3 Å². The molecular weight excluding hydrogens is 268 g/mol. The summed E-state index contributed by atoms with van der Waals surface area (Å²) in [5.74, 6) is -0.871. The van der Waals surface area contributed by atoms with Crippen molar-refractivity contribution in [3.63, 3.8) is 0 Å². The van der Waals surface area contributed by atoms with E-state index >= 15 is 0 Å². The smallest absolute Gasteiger partial charge is 0.232 e. The number of thiol groups is 1. The fraction of sp³-hybridized carbons (Fsp3) is 0.417. The molecule has 1 N–H and O–H groups in total. The van der Waals surface area contributed by atoms with Gasteiger partial charge < -0.3 is 0 Å². The van der Waals surface area contributed by atoms with Crippen molar-refractivity contribution >= 4 is 36.2 Å². The summed E-state index contributed by atoms with van der Waals surface area (Å²) in [7, 11) is 0. The Bertz CT molecular complexity index is 466. The maximum atomic E-state index is 11.8. The lowest BCUT2D eigenvalue weighted by Gasteiger charge is -2.30. The maximum absolute atomic E-state index is 11.8. The number of carbonyl (C=O) groups is 2. The average Bonchev–Trinajstić information content (AvgIpc) is 2.70. The summed E-state index contributed by atoms with van der Waals surface area (Å²) in [6.45, 7) is 1.96. The number of amides is 2. The number of carbonyl (C=O) groups excluding carboxylic acids is 2. The normalized spacial score (nSPS) is 22.7. The molecule has 2 heterocycles. The predicted octanol–water partition coefficient (Wildman–Crippen LogP) is 1.87. The van der Waals surface area contributed by atoms with Crippen molar-refractivity contribution in [2.45, 2.75) is 28.9 Å². The van der Waals surface area contributed by atoms with Gasteiger partial charge in [-0.3, -0.25) is 14.9 Å². The predicted molar refractivity (Wildman–Crippen MR) is 73.4 cm³/mol. The maximum Gasteiger partial charge on any atom is 0.232 e. The van der Waals surface area contributed by atoms with Crippen LogP contribution in [-0.2, 0) is 9.59 Å². The lowest BCUT2D eigenvalue weighted by molar-refractivity contribution is -0.125. The summed E-state index contributed by atoms with van der Waals surface area (Å²) in [6.07, 6.45) is 2.57. The van der Waals surface area contributed by atoms with E-state index in [1.165, 1.54) is 11.8 Å². The minimum atomic E-state index is -0.607. The fourth-order valence-corrected chi connectivity index (χ4v) is 3.48. The van der Waals surface area contributed by atoms with E-state index in [0.29, 0.717) is 6.42 Å². The lowest BCUT2D eigenvalue weighted by atomic mass is 10.0. The molecule has 1 aliphatic rings. The van der Waals surface area contributed by atoms with Crippen LogP contribution >= 0.6 is 24.4 Å². The first kappa shape index (κ1) is 13.4. The van der Waals surface area contributed by atoms with Gasteiger partial charge in [0.25, 0.3) is 0 Å². The number of nitrogens with zero attached hydrogens (tertiary/aromatic N) is 1. The molecule has 18 heavy (non-hydrogen) atoms. The van der Waals surface area contributed by atoms with Gasteiger partial charge in [0.05, 0.1) is 15.0 Å². The molecule has 0 bridgehead atoms. The van der Waals surface area contributed by atoms with Gasteiger partial charge in [-0.1, -0.05) is 24.8 Å². The molecule has 2 atom stereocenters. The Hall–Kier alpha value is -1.01. The molecule has 2 unspecified atom stereocenters. The van der Waals surface area contributed by atoms with E-state index in [0.717, 1.165) is 5.03 Å². The third-order valence-corrected chi connectivity index (χ3v) is 5.22. The minimum Gasteiger partial charge on any atom is -0.296 e. The van der Waals surface area contributed by atoms with E-state index in [1.807, 2.05) is 25.1 Å². The highest BCUT2D eigenvalue weighted by Crippen LogP contribution is 2.46. The van der Waals surface area contributed by atoms with E-state index < -0.39 is 10.00 Å². The van der Waals surface area contributed by atoms with Crippen LogP contribution < -0.4 is 5.32 Å². The Balaban J connectivity index is 2.20. The molecule has 1 aromatic heterocycles. The summed E-state index contributed by atoms with van der Waals surface area (Å²) in [5, 5.41) is 3.14. The van der Waals surface area contributed by atoms with Crippen LogP contribution in [0.3, 0.4) is 0 Å². The Kier molecular flexibility index (Phi) is 3.97. The molecule has 0 aromatic carbocycles. The SMILES string of the molecule is CCC(S)(Sc1ccccn1)C1CC(=O)NC1=O. The second kappa shape index (κ2) is 5.32. The highest BCUT2D eigenvalue weighted by Gasteiger charge is 2.45. The second-order valence-corrected chi connectivity index (χ2v) is 6.59. The van der Waals surface area contributed by atoms with Gasteiger partial charge in [0.2, 0.25) is 11.8 Å². The zero-order valence-corrected chi connectivity index (χ0v) is 11.6. The summed E-state index contributed by atoms with van der Waals surface area (Å²) < 4.78 is -0.607. The van der Waals surface area contributed by atoms with Gasteiger partial charge in [0, 0.05) is 12.6 Å². The van der Waals surface area contributed by atoms with Crippen LogP contribution in [0.1, 0.15) is 19.8 Å². The molecule has 6 heteroatoms. The van der Waals surface area contributed by atoms with Crippen molar-refractivity contribution in [3.05, 3.63) is 24.4 Å². The number of pyridine rings is 1. The molecule has 0 saturated carbocycles. The standard InChI is InChI=1S/C12H14N2O2S2/c1-2-12(17,8-7-9(15)14-11(8)16)18-10-5-3-4-6-13-10/h3-6,8,17H,2,7H2,1H3,(H,14,15,16). The second-order valence-electron chi connectivity index (χ2n) is 4.14. The molecule has 2 rings (SSSR count). The van der Waals surface area contributed by atoms with Crippen molar-refractivity contribution in [2.75, 3.05) is 0 Å². The van der Waals surface area contributed by atoms with Crippen LogP contribution in [0.5, 0.6) is 0 Å². The van der Waals surface area contributed by atoms with Gasteiger partial charge in [0.1, 0.15) is 0 Å². The number of imide groups is 1. The summed E-state index contributed by atoms with van der Waals surface area (Å²) in [5.41, 5.74) is 0. The largest absolute Gasteiger partial charge is 0.296 e. The van der Waals surface area contributed by atoms with Gasteiger partial charge in [-0.2, -0.15) is 12.6 Å². The van der Waals surface area contributed by atoms with Crippen LogP contribution in [-0.4, -0.2) is 20.9 Å². The Morgan fingerprint density at radius 3 is 2.83 bits per heavy atom. The monoisotopic (exact) mass is 282 g/mol. The molecule has 1 fully saturated rings. The topological polar surface area (TPSA) is 59.1 Å². The number of rotatable bonds is 4. The number of hydrogen-bond donors (Lipinski definition) is 2. The van der Waals surface area contributed by atoms with Crippen LogP contribution in [0, 0.1) is 5.92 Å². The van der Waals surface area contributed by atoms with Crippen molar-refractivity contribution in [2.24, 2.45) is 5.92 Å². The van der Waals surface area contributed by atoms with E-state index in [-0.39, 0.29) is 18.2 Å². The van der Waals surface area contributed by atoms with Crippen LogP contribution in [0.2, 0.25) is 0 Å². The van der Waals surface area contributed by atoms with Gasteiger partial charge >= 0.3 is 0 Å². The third-order valence-electron chi connectivity index (χ3n) is 2.94. The average molecular weight is 282 g/mol. The first-order valence-corrected chi connectivity index (χ1v) is 6.97. The zero-order chi connectivity index (χ0) is 13.2. The zero-order valence-electron chi connectivity index (χ0n) is 9.92. The van der Waals surface area contributed by atoms with Crippen molar-refractivity contribution < 1.29 is 9.59 Å². The minimum absolute atomic E-state index is 0.204. The highest BCUT2D eigenvalue weighted by atomic mass is 32.2. The molecule has 0 aliphatic carbocycles. The van der Waals surface area contributed by atoms with Gasteiger partial charge in [-0.15, -0.1) is 0 Å². The van der Waals surface area contributed by atoms with Gasteiger partial charge in [0.15, 0.2) is 0 Å². The Labute approximate surface area is 115 Å². The Morgan fingerprint density at radius 2 is 2.33 bits per heavy atom. The van der Waals surface area contributed by atoms with Crippen molar-refractivity contribution in [3.8, 4) is 0 Å². The van der Waals surface area contributed by atoms with Crippen molar-refractivity contribution in [1.29, 1.82) is 0 Å². The van der Waals surface area contributed by atoms with Gasteiger partial charge in [-0.05, 0) is 18.6 Å². The summed E-state index contributed by atoms with van der Waals surface area (Å²) in [6, 6.07) is 5.60. The highest BCUT2D eigenvalue weighted by molar-refractivity contribution is 8.11. The van der Waals surface area contributed by atoms with E-state index in [4.69, 9.17) is 0 Å². The molecule has 2 amide bonds. The van der Waals surface area contributed by atoms with Crippen LogP contribution in [0.25, 0.3) is 0 Å². The van der Waals surface area contributed by atoms with E-state index in [9.17, 15) is 9.59 Å². The number of hydrogen-bond acceptors (Lipinski definition) is 5. The number of aromatic nitrogens is 1. The number of thioether (sulfide) groups is 1. The van der Waals surface area contributed by atoms with E-state index in [1.54, 1.807) is 6.20 Å². The summed E-state index contributed by atoms with van der Waals surface area (Å²) >= 11 is 6.07. The molecular formula is C12H14N2O2S2. The summed E-state index contributed by atoms with van der Waals surface area (Å²) in [4.78, 5) is 27.3. The van der Waals surface area contributed by atoms with Crippen LogP contribution in [0.4, 0.5) is 0 Å². The quantitative estimate of drug-likeness (QED) is 0.383. The first-order chi connectivity index (χ1) is 8.55. The molecule has 1 saturated heterocycles. The Morgan fingerprint density at radius 1 is 1.56 bits per heavy atom. The fourth-order valence-electron chi connectivity index (χ4n) is 1.90.